The van der Waals surface area contributed by atoms with Crippen molar-refractivity contribution in [2.75, 3.05) is 0 Å². The molecule has 0 fully saturated rings. The van der Waals surface area contributed by atoms with Gasteiger partial charge in [-0.15, -0.1) is 0 Å². The second-order valence-electron chi connectivity index (χ2n) is 31.3. The summed E-state index contributed by atoms with van der Waals surface area (Å²) in [4.78, 5) is 0. The van der Waals surface area contributed by atoms with E-state index in [-0.39, 0.29) is 16.2 Å². The third-order valence-electron chi connectivity index (χ3n) is 24.4. The molecule has 500 valence electrons. The van der Waals surface area contributed by atoms with E-state index in [9.17, 15) is 0 Å². The van der Waals surface area contributed by atoms with Gasteiger partial charge in [0.15, 0.2) is 0 Å². The van der Waals surface area contributed by atoms with Gasteiger partial charge in [-0.25, -0.2) is 0 Å². The van der Waals surface area contributed by atoms with Crippen LogP contribution in [0.4, 0.5) is 0 Å². The molecule has 0 bridgehead atoms. The van der Waals surface area contributed by atoms with Crippen LogP contribution in [0.2, 0.25) is 0 Å². The first-order valence-corrected chi connectivity index (χ1v) is 37.4. The maximum Gasteiger partial charge on any atom is 0.135 e. The molecule has 0 unspecified atom stereocenters. The highest BCUT2D eigenvalue weighted by atomic mass is 16.3. The Morgan fingerprint density at radius 1 is 0.179 bits per heavy atom. The van der Waals surface area contributed by atoms with Crippen molar-refractivity contribution < 1.29 is 4.42 Å². The van der Waals surface area contributed by atoms with Gasteiger partial charge in [-0.2, -0.15) is 0 Å². The Hall–Kier alpha value is -12.7. The standard InChI is InChI=1S/C57H38O.C48H36/c1-57(2)51-34-39-14-4-3-13-38(39)32-49(51)48-23-12-22-42(56(48)57)35-25-27-36(28-26-35)54-44-18-5-7-20-46(44)55(47-21-8-6-19-45(47)54)41-16-11-15-37(31-41)40-29-30-53-50(33-40)43-17-9-10-24-52(43)58-53;1-47(2)41-23-12-11-16-32(41)33-25-24-31(28-42(33)47)44-34-17-7-9-19-36(34)45(37-20-10-8-18-35(37)44)39-22-13-21-38-40-26-29-14-5-6-15-30(29)27-43(40)48(3,4)46(38)39/h3-34H,1-2H3;5-28H,1-4H3. The van der Waals surface area contributed by atoms with Crippen molar-refractivity contribution in [3.63, 3.8) is 0 Å². The SMILES string of the molecule is CC1(C)c2cc3ccccc3cc2-c2cccc(-c3ccc(-c4c5ccccc5c(-c5cccc(-c6ccc7oc8ccccc8c7c6)c5)c5ccccc45)cc3)c21.CC1(C)c2ccccc2-c2ccc(-c3c4ccccc4c(-c4cccc5c4C(C)(C)c4cc6ccccc6cc4-5)c4ccccc34)cc21. The van der Waals surface area contributed by atoms with E-state index in [1.54, 1.807) is 0 Å². The average molecular weight is 1350 g/mol. The molecular weight excluding hydrogens is 1280 g/mol. The minimum absolute atomic E-state index is 0.0521. The molecule has 0 radical (unpaired) electrons. The maximum absolute atomic E-state index is 6.16. The second-order valence-corrected chi connectivity index (χ2v) is 31.3. The van der Waals surface area contributed by atoms with Gasteiger partial charge in [0, 0.05) is 27.0 Å². The van der Waals surface area contributed by atoms with E-state index in [0.29, 0.717) is 0 Å². The summed E-state index contributed by atoms with van der Waals surface area (Å²) in [7, 11) is 0. The third kappa shape index (κ3) is 9.15. The normalized spacial score (nSPS) is 14.0. The Morgan fingerprint density at radius 3 is 1.10 bits per heavy atom. The van der Waals surface area contributed by atoms with Crippen molar-refractivity contribution in [2.24, 2.45) is 0 Å². The molecule has 3 aliphatic carbocycles. The molecule has 3 aliphatic rings. The van der Waals surface area contributed by atoms with Crippen LogP contribution < -0.4 is 0 Å². The van der Waals surface area contributed by atoms with Crippen LogP contribution >= 0.6 is 0 Å². The number of para-hydroxylation sites is 1. The molecule has 0 saturated carbocycles. The van der Waals surface area contributed by atoms with Gasteiger partial charge in [0.1, 0.15) is 11.2 Å². The smallest absolute Gasteiger partial charge is 0.135 e. The molecule has 1 nitrogen and oxygen atoms in total. The van der Waals surface area contributed by atoms with E-state index in [4.69, 9.17) is 4.42 Å². The molecule has 0 atom stereocenters. The summed E-state index contributed by atoms with van der Waals surface area (Å²) in [5, 5.41) is 17.7. The molecule has 18 aromatic carbocycles. The summed E-state index contributed by atoms with van der Waals surface area (Å²) in [5.74, 6) is 0. The van der Waals surface area contributed by atoms with Gasteiger partial charge in [-0.3, -0.25) is 0 Å². The van der Waals surface area contributed by atoms with E-state index in [1.165, 1.54) is 198 Å². The molecule has 22 rings (SSSR count). The summed E-state index contributed by atoms with van der Waals surface area (Å²) in [5.41, 5.74) is 33.3. The first-order chi connectivity index (χ1) is 51.8. The zero-order chi connectivity index (χ0) is 70.9. The number of fused-ring (bicyclic) bond motifs is 18. The number of hydrogen-bond acceptors (Lipinski definition) is 1. The number of furan rings is 1. The highest BCUT2D eigenvalue weighted by Crippen LogP contribution is 2.58. The summed E-state index contributed by atoms with van der Waals surface area (Å²) in [6, 6.07) is 126. The van der Waals surface area contributed by atoms with Gasteiger partial charge in [0.2, 0.25) is 0 Å². The lowest BCUT2D eigenvalue weighted by Crippen LogP contribution is -2.16. The van der Waals surface area contributed by atoms with Gasteiger partial charge in [0.05, 0.1) is 0 Å². The minimum Gasteiger partial charge on any atom is -0.456 e. The van der Waals surface area contributed by atoms with Crippen LogP contribution in [-0.4, -0.2) is 0 Å². The van der Waals surface area contributed by atoms with Crippen LogP contribution in [0.15, 0.2) is 344 Å². The van der Waals surface area contributed by atoms with Crippen LogP contribution in [0.3, 0.4) is 0 Å². The fourth-order valence-electron chi connectivity index (χ4n) is 19.5. The van der Waals surface area contributed by atoms with Gasteiger partial charge < -0.3 is 4.42 Å². The van der Waals surface area contributed by atoms with E-state index in [0.717, 1.165) is 21.9 Å². The Balaban J connectivity index is 0.000000139. The average Bonchev–Trinajstić information content (AvgIpc) is 1.65. The molecule has 1 heterocycles. The molecule has 0 saturated heterocycles. The molecule has 0 N–H and O–H groups in total. The maximum atomic E-state index is 6.16. The molecular formula is C105H74O. The lowest BCUT2D eigenvalue weighted by atomic mass is 9.76. The summed E-state index contributed by atoms with van der Waals surface area (Å²) in [6.07, 6.45) is 0. The van der Waals surface area contributed by atoms with Crippen LogP contribution in [-0.2, 0) is 16.2 Å². The summed E-state index contributed by atoms with van der Waals surface area (Å²) < 4.78 is 6.16. The lowest BCUT2D eigenvalue weighted by Gasteiger charge is -2.27. The van der Waals surface area contributed by atoms with Crippen LogP contribution in [0, 0.1) is 0 Å². The fourth-order valence-corrected chi connectivity index (χ4v) is 19.5. The molecule has 1 aromatic heterocycles. The molecule has 0 aliphatic heterocycles. The first kappa shape index (κ1) is 61.9. The quantitative estimate of drug-likeness (QED) is 0.151. The zero-order valence-electron chi connectivity index (χ0n) is 60.2. The molecule has 19 aromatic rings. The molecule has 1 heteroatoms. The van der Waals surface area contributed by atoms with E-state index >= 15 is 0 Å². The van der Waals surface area contributed by atoms with Crippen molar-refractivity contribution in [1.29, 1.82) is 0 Å². The Bertz CT molecular complexity index is 6850. The zero-order valence-corrected chi connectivity index (χ0v) is 60.2. The highest BCUT2D eigenvalue weighted by Gasteiger charge is 2.41. The van der Waals surface area contributed by atoms with Crippen molar-refractivity contribution in [3.05, 3.63) is 373 Å². The number of benzene rings is 18. The Kier molecular flexibility index (Phi) is 13.5. The van der Waals surface area contributed by atoms with Crippen molar-refractivity contribution >= 4 is 86.6 Å². The predicted octanol–water partition coefficient (Wildman–Crippen LogP) is 29.1. The summed E-state index contributed by atoms with van der Waals surface area (Å²) in [6.45, 7) is 14.4. The van der Waals surface area contributed by atoms with Crippen LogP contribution in [0.5, 0.6) is 0 Å². The predicted molar refractivity (Wildman–Crippen MR) is 451 cm³/mol. The van der Waals surface area contributed by atoms with Crippen molar-refractivity contribution in [2.45, 2.75) is 57.8 Å². The molecule has 106 heavy (non-hydrogen) atoms. The highest BCUT2D eigenvalue weighted by molar-refractivity contribution is 6.24. The van der Waals surface area contributed by atoms with E-state index in [2.05, 4.69) is 369 Å². The Labute approximate surface area is 618 Å². The summed E-state index contributed by atoms with van der Waals surface area (Å²) >= 11 is 0. The van der Waals surface area contributed by atoms with Crippen molar-refractivity contribution in [1.82, 2.24) is 0 Å². The van der Waals surface area contributed by atoms with Crippen LogP contribution in [0.25, 0.3) is 187 Å². The van der Waals surface area contributed by atoms with Gasteiger partial charge in [0.25, 0.3) is 0 Å². The third-order valence-corrected chi connectivity index (χ3v) is 24.4. The fraction of sp³-hybridized carbons (Fsp3) is 0.0857. The topological polar surface area (TPSA) is 13.1 Å². The number of rotatable bonds is 6. The van der Waals surface area contributed by atoms with Crippen LogP contribution in [0.1, 0.15) is 74.9 Å². The van der Waals surface area contributed by atoms with E-state index in [1.807, 2.05) is 12.1 Å². The number of hydrogen-bond donors (Lipinski definition) is 0. The lowest BCUT2D eigenvalue weighted by molar-refractivity contribution is 0.660. The van der Waals surface area contributed by atoms with Gasteiger partial charge in [-0.05, 0) is 253 Å². The van der Waals surface area contributed by atoms with E-state index < -0.39 is 0 Å². The largest absolute Gasteiger partial charge is 0.456 e. The Morgan fingerprint density at radius 2 is 0.538 bits per heavy atom. The molecule has 0 spiro atoms. The van der Waals surface area contributed by atoms with Gasteiger partial charge in [-0.1, -0.05) is 327 Å². The molecule has 0 amide bonds. The van der Waals surface area contributed by atoms with Gasteiger partial charge >= 0.3 is 0 Å². The minimum atomic E-state index is -0.146. The monoisotopic (exact) mass is 1350 g/mol. The van der Waals surface area contributed by atoms with Crippen molar-refractivity contribution in [3.8, 4) is 100 Å². The first-order valence-electron chi connectivity index (χ1n) is 37.4. The second kappa shape index (κ2) is 23.2.